The number of amides is 1. The maximum absolute atomic E-state index is 12.7. The molecule has 0 unspecified atom stereocenters. The van der Waals surface area contributed by atoms with Gasteiger partial charge in [-0.15, -0.1) is 0 Å². The van der Waals surface area contributed by atoms with Crippen LogP contribution in [0.4, 0.5) is 0 Å². The molecule has 1 aliphatic heterocycles. The Morgan fingerprint density at radius 1 is 1.12 bits per heavy atom. The minimum Gasteiger partial charge on any atom is -0.339 e. The van der Waals surface area contributed by atoms with Crippen LogP contribution in [-0.2, 0) is 0 Å². The first-order valence-corrected chi connectivity index (χ1v) is 8.84. The third-order valence-electron chi connectivity index (χ3n) is 4.69. The smallest absolute Gasteiger partial charge is 0.253 e. The first-order chi connectivity index (χ1) is 11.5. The van der Waals surface area contributed by atoms with E-state index in [0.717, 1.165) is 59.6 Å². The summed E-state index contributed by atoms with van der Waals surface area (Å²) in [7, 11) is 0. The van der Waals surface area contributed by atoms with E-state index in [1.165, 1.54) is 0 Å². The van der Waals surface area contributed by atoms with Gasteiger partial charge in [-0.3, -0.25) is 4.79 Å². The molecule has 1 atom stereocenters. The molecule has 1 heterocycles. The third kappa shape index (κ3) is 3.80. The number of hydrogen-bond donors (Lipinski definition) is 1. The van der Waals surface area contributed by atoms with E-state index >= 15 is 0 Å². The van der Waals surface area contributed by atoms with Gasteiger partial charge in [0.05, 0.1) is 0 Å². The Labute approximate surface area is 148 Å². The molecule has 3 nitrogen and oxygen atoms in total. The second kappa shape index (κ2) is 7.37. The van der Waals surface area contributed by atoms with Crippen LogP contribution >= 0.6 is 11.6 Å². The van der Waals surface area contributed by atoms with E-state index in [1.54, 1.807) is 0 Å². The van der Waals surface area contributed by atoms with Gasteiger partial charge in [-0.2, -0.15) is 0 Å². The van der Waals surface area contributed by atoms with Crippen molar-refractivity contribution < 1.29 is 4.79 Å². The number of nitrogens with two attached hydrogens (primary N) is 1. The van der Waals surface area contributed by atoms with Crippen molar-refractivity contribution >= 4 is 17.5 Å². The zero-order valence-electron chi connectivity index (χ0n) is 14.0. The van der Waals surface area contributed by atoms with E-state index in [2.05, 4.69) is 0 Å². The number of nitrogens with zero attached hydrogens (tertiary/aromatic N) is 1. The normalized spacial score (nSPS) is 18.3. The number of benzene rings is 2. The van der Waals surface area contributed by atoms with Crippen LogP contribution in [-0.4, -0.2) is 29.9 Å². The molecule has 0 aliphatic carbocycles. The van der Waals surface area contributed by atoms with E-state index in [4.69, 9.17) is 17.3 Å². The fraction of sp³-hybridized carbons (Fsp3) is 0.350. The third-order valence-corrected chi connectivity index (χ3v) is 4.93. The highest BCUT2D eigenvalue weighted by molar-refractivity contribution is 6.30. The molecule has 24 heavy (non-hydrogen) atoms. The maximum atomic E-state index is 12.7. The molecule has 0 spiro atoms. The Kier molecular flexibility index (Phi) is 5.22. The number of aryl methyl sites for hydroxylation is 1. The molecule has 0 aromatic heterocycles. The number of likely N-dealkylation sites (tertiary alicyclic amines) is 1. The highest BCUT2D eigenvalue weighted by Crippen LogP contribution is 2.26. The Bertz CT molecular complexity index is 727. The highest BCUT2D eigenvalue weighted by atomic mass is 35.5. The minimum absolute atomic E-state index is 0.100. The summed E-state index contributed by atoms with van der Waals surface area (Å²) in [5.74, 6) is 0.100. The fourth-order valence-electron chi connectivity index (χ4n) is 3.25. The largest absolute Gasteiger partial charge is 0.339 e. The summed E-state index contributed by atoms with van der Waals surface area (Å²) in [6.07, 6.45) is 2.86. The van der Waals surface area contributed by atoms with Gasteiger partial charge in [-0.1, -0.05) is 29.8 Å². The zero-order chi connectivity index (χ0) is 17.1. The van der Waals surface area contributed by atoms with Crippen LogP contribution in [0, 0.1) is 6.92 Å². The highest BCUT2D eigenvalue weighted by Gasteiger charge is 2.19. The lowest BCUT2D eigenvalue weighted by atomic mass is 9.99. The predicted octanol–water partition coefficient (Wildman–Crippen LogP) is 4.27. The summed E-state index contributed by atoms with van der Waals surface area (Å²) in [6, 6.07) is 13.9. The first kappa shape index (κ1) is 17.0. The fourth-order valence-corrected chi connectivity index (χ4v) is 3.48. The summed E-state index contributed by atoms with van der Waals surface area (Å²) in [6.45, 7) is 3.59. The van der Waals surface area contributed by atoms with Crippen molar-refractivity contribution in [2.45, 2.75) is 32.2 Å². The van der Waals surface area contributed by atoms with Crippen molar-refractivity contribution in [3.63, 3.8) is 0 Å². The van der Waals surface area contributed by atoms with Crippen molar-refractivity contribution in [2.24, 2.45) is 5.73 Å². The summed E-state index contributed by atoms with van der Waals surface area (Å²) in [5.41, 5.74) is 10.1. The molecule has 2 aromatic carbocycles. The van der Waals surface area contributed by atoms with Gasteiger partial charge >= 0.3 is 0 Å². The molecule has 126 valence electrons. The molecule has 1 aliphatic rings. The van der Waals surface area contributed by atoms with E-state index < -0.39 is 0 Å². The Morgan fingerprint density at radius 3 is 2.58 bits per heavy atom. The summed E-state index contributed by atoms with van der Waals surface area (Å²) >= 11 is 6.02. The Balaban J connectivity index is 1.77. The molecule has 0 saturated carbocycles. The Hall–Kier alpha value is -1.84. The Morgan fingerprint density at radius 2 is 1.88 bits per heavy atom. The minimum atomic E-state index is 0.100. The van der Waals surface area contributed by atoms with E-state index in [1.807, 2.05) is 54.3 Å². The molecular formula is C20H23ClN2O. The summed E-state index contributed by atoms with van der Waals surface area (Å²) < 4.78 is 0. The monoisotopic (exact) mass is 342 g/mol. The average Bonchev–Trinajstić information content (AvgIpc) is 2.79. The van der Waals surface area contributed by atoms with Crippen LogP contribution in [0.15, 0.2) is 42.5 Å². The van der Waals surface area contributed by atoms with Gasteiger partial charge in [0.25, 0.3) is 5.91 Å². The number of halogens is 1. The average molecular weight is 343 g/mol. The van der Waals surface area contributed by atoms with E-state index in [-0.39, 0.29) is 11.9 Å². The van der Waals surface area contributed by atoms with Gasteiger partial charge in [0.1, 0.15) is 0 Å². The molecular weight excluding hydrogens is 320 g/mol. The van der Waals surface area contributed by atoms with Gasteiger partial charge in [0, 0.05) is 29.7 Å². The number of hydrogen-bond acceptors (Lipinski definition) is 2. The van der Waals surface area contributed by atoms with Crippen LogP contribution < -0.4 is 5.73 Å². The van der Waals surface area contributed by atoms with Crippen LogP contribution in [0.1, 0.15) is 35.2 Å². The molecule has 4 heteroatoms. The topological polar surface area (TPSA) is 46.3 Å². The lowest BCUT2D eigenvalue weighted by Gasteiger charge is -2.20. The van der Waals surface area contributed by atoms with Crippen LogP contribution in [0.2, 0.25) is 5.02 Å². The lowest BCUT2D eigenvalue weighted by molar-refractivity contribution is 0.0761. The quantitative estimate of drug-likeness (QED) is 0.885. The van der Waals surface area contributed by atoms with Crippen LogP contribution in [0.25, 0.3) is 11.1 Å². The lowest BCUT2D eigenvalue weighted by Crippen LogP contribution is -2.32. The van der Waals surface area contributed by atoms with Crippen molar-refractivity contribution in [1.29, 1.82) is 0 Å². The second-order valence-electron chi connectivity index (χ2n) is 6.52. The van der Waals surface area contributed by atoms with E-state index in [0.29, 0.717) is 0 Å². The predicted molar refractivity (Wildman–Crippen MR) is 99.4 cm³/mol. The van der Waals surface area contributed by atoms with Crippen molar-refractivity contribution in [3.8, 4) is 11.1 Å². The van der Waals surface area contributed by atoms with Gasteiger partial charge in [-0.25, -0.2) is 0 Å². The van der Waals surface area contributed by atoms with E-state index in [9.17, 15) is 4.79 Å². The second-order valence-corrected chi connectivity index (χ2v) is 6.96. The van der Waals surface area contributed by atoms with Gasteiger partial charge in [-0.05, 0) is 67.1 Å². The van der Waals surface area contributed by atoms with Crippen LogP contribution in [0.3, 0.4) is 0 Å². The maximum Gasteiger partial charge on any atom is 0.253 e. The number of carbonyl (C=O) groups excluding carboxylic acids is 1. The molecule has 2 aromatic rings. The molecule has 3 rings (SSSR count). The van der Waals surface area contributed by atoms with Gasteiger partial charge < -0.3 is 10.6 Å². The number of carbonyl (C=O) groups is 1. The van der Waals surface area contributed by atoms with Crippen LogP contribution in [0.5, 0.6) is 0 Å². The van der Waals surface area contributed by atoms with Gasteiger partial charge in [0.15, 0.2) is 0 Å². The first-order valence-electron chi connectivity index (χ1n) is 8.46. The molecule has 1 saturated heterocycles. The summed E-state index contributed by atoms with van der Waals surface area (Å²) in [5, 5.41) is 0.738. The van der Waals surface area contributed by atoms with Gasteiger partial charge in [0.2, 0.25) is 0 Å². The van der Waals surface area contributed by atoms with Crippen molar-refractivity contribution in [2.75, 3.05) is 13.1 Å². The number of rotatable bonds is 2. The standard InChI is InChI=1S/C20H23ClN2O/c1-14-13-17(21)8-9-19(14)15-4-6-16(7-5-15)20(24)23-11-2-3-18(22)10-12-23/h4-9,13,18H,2-3,10-12,22H2,1H3/t18-/m0/s1. The molecule has 0 radical (unpaired) electrons. The SMILES string of the molecule is Cc1cc(Cl)ccc1-c1ccc(C(=O)N2CCC[C@H](N)CC2)cc1. The molecule has 1 amide bonds. The summed E-state index contributed by atoms with van der Waals surface area (Å²) in [4.78, 5) is 14.6. The molecule has 1 fully saturated rings. The van der Waals surface area contributed by atoms with Crippen molar-refractivity contribution in [3.05, 3.63) is 58.6 Å². The van der Waals surface area contributed by atoms with Crippen molar-refractivity contribution in [1.82, 2.24) is 4.90 Å². The zero-order valence-corrected chi connectivity index (χ0v) is 14.7. The molecule has 2 N–H and O–H groups in total. The molecule has 0 bridgehead atoms.